The van der Waals surface area contributed by atoms with Gasteiger partial charge in [-0.1, -0.05) is 36.4 Å². The number of hydrazine groups is 1. The van der Waals surface area contributed by atoms with Crippen LogP contribution in [-0.2, 0) is 16.1 Å². The minimum absolute atomic E-state index is 0.0195. The number of amides is 1. The van der Waals surface area contributed by atoms with Gasteiger partial charge in [-0.05, 0) is 48.7 Å². The van der Waals surface area contributed by atoms with Crippen LogP contribution in [0.2, 0.25) is 0 Å². The number of hydrogen-bond donors (Lipinski definition) is 4. The standard InChI is InChI=1S/C44H42N10O7S/c1-25(49-42(56)38-40(46)50-53-16-8-15-48-41(38)53)32-21-26-9-7-12-29(37(26)43(57)54(32)27-10-5-4-6-11-27)31(45)24-52(47)19-20-61-36(55)14-18-51-17-13-28-30-22-33(59-2)34(60-3)23-35(30)62-39(28)44(51)58/h4-13,15-17,21-25H,14,18-20,45,47H2,1-3H3,(H2,46,50)(H,49,56)/b31-24-. The van der Waals surface area contributed by atoms with E-state index < -0.39 is 17.9 Å². The SMILES string of the molecule is COc1cc2sc3c(=O)n(CCC(=O)OCCN(N)/C=C(\N)c4cccc5cc(C(C)NC(=O)c6c(N)nn7cccnc67)n(-c6ccccc6)c(=O)c45)ccc3c2cc1OC. The number of nitrogen functional groups attached to an aromatic ring is 1. The van der Waals surface area contributed by atoms with Crippen LogP contribution in [0.1, 0.15) is 41.0 Å². The maximum Gasteiger partial charge on any atom is 0.307 e. The molecule has 3 aromatic carbocycles. The van der Waals surface area contributed by atoms with Gasteiger partial charge in [0.15, 0.2) is 23.0 Å². The second-order valence-corrected chi connectivity index (χ2v) is 15.4. The summed E-state index contributed by atoms with van der Waals surface area (Å²) < 4.78 is 22.2. The Bertz CT molecular complexity index is 3170. The molecule has 316 valence electrons. The van der Waals surface area contributed by atoms with E-state index in [1.54, 1.807) is 76.1 Å². The number of para-hydroxylation sites is 1. The highest BCUT2D eigenvalue weighted by atomic mass is 32.1. The zero-order valence-corrected chi connectivity index (χ0v) is 34.7. The Morgan fingerprint density at radius 1 is 0.952 bits per heavy atom. The summed E-state index contributed by atoms with van der Waals surface area (Å²) >= 11 is 1.35. The molecule has 0 aliphatic carbocycles. The van der Waals surface area contributed by atoms with Crippen LogP contribution in [0.15, 0.2) is 113 Å². The van der Waals surface area contributed by atoms with Crippen LogP contribution in [0.4, 0.5) is 5.82 Å². The number of rotatable bonds is 14. The summed E-state index contributed by atoms with van der Waals surface area (Å²) in [6.07, 6.45) is 6.27. The molecule has 5 aromatic heterocycles. The minimum atomic E-state index is -0.682. The third kappa shape index (κ3) is 7.75. The van der Waals surface area contributed by atoms with Gasteiger partial charge in [0.2, 0.25) is 0 Å². The summed E-state index contributed by atoms with van der Waals surface area (Å²) in [6, 6.07) is 22.7. The Morgan fingerprint density at radius 3 is 2.50 bits per heavy atom. The van der Waals surface area contributed by atoms with Gasteiger partial charge in [0, 0.05) is 69.8 Å². The van der Waals surface area contributed by atoms with Gasteiger partial charge in [-0.2, -0.15) is 0 Å². The summed E-state index contributed by atoms with van der Waals surface area (Å²) in [5.41, 5.74) is 14.2. The maximum absolute atomic E-state index is 14.6. The van der Waals surface area contributed by atoms with E-state index in [-0.39, 0.29) is 54.3 Å². The molecular formula is C44H42N10O7S. The van der Waals surface area contributed by atoms with Crippen molar-refractivity contribution in [3.63, 3.8) is 0 Å². The number of anilines is 1. The summed E-state index contributed by atoms with van der Waals surface area (Å²) in [5, 5.41) is 11.0. The van der Waals surface area contributed by atoms with Crippen molar-refractivity contribution in [2.75, 3.05) is 33.1 Å². The smallest absolute Gasteiger partial charge is 0.307 e. The number of thiophene rings is 1. The lowest BCUT2D eigenvalue weighted by Crippen LogP contribution is -2.33. The van der Waals surface area contributed by atoms with Gasteiger partial charge in [-0.25, -0.2) is 15.3 Å². The first-order chi connectivity index (χ1) is 30.0. The summed E-state index contributed by atoms with van der Waals surface area (Å²) in [5.74, 6) is 6.43. The van der Waals surface area contributed by atoms with Crippen molar-refractivity contribution in [3.05, 3.63) is 141 Å². The van der Waals surface area contributed by atoms with Crippen LogP contribution in [0.5, 0.6) is 11.5 Å². The number of ether oxygens (including phenoxy) is 3. The minimum Gasteiger partial charge on any atom is -0.493 e. The summed E-state index contributed by atoms with van der Waals surface area (Å²) in [7, 11) is 3.12. The number of esters is 1. The predicted molar refractivity (Wildman–Crippen MR) is 238 cm³/mol. The molecule has 1 atom stereocenters. The molecule has 0 fully saturated rings. The fraction of sp³-hybridized carbons (Fsp3) is 0.182. The number of nitrogens with two attached hydrogens (primary N) is 3. The predicted octanol–water partition coefficient (Wildman–Crippen LogP) is 4.72. The number of carbonyl (C=O) groups is 2. The first kappa shape index (κ1) is 41.1. The van der Waals surface area contributed by atoms with E-state index in [0.717, 1.165) is 15.5 Å². The van der Waals surface area contributed by atoms with Gasteiger partial charge in [0.25, 0.3) is 17.0 Å². The Kier molecular flexibility index (Phi) is 11.3. The highest BCUT2D eigenvalue weighted by Gasteiger charge is 2.24. The molecule has 0 radical (unpaired) electrons. The number of hydrogen-bond acceptors (Lipinski definition) is 14. The van der Waals surface area contributed by atoms with Gasteiger partial charge in [0.1, 0.15) is 16.9 Å². The highest BCUT2D eigenvalue weighted by molar-refractivity contribution is 7.25. The number of pyridine rings is 2. The lowest BCUT2D eigenvalue weighted by Gasteiger charge is -2.22. The molecule has 7 N–H and O–H groups in total. The van der Waals surface area contributed by atoms with Crippen molar-refractivity contribution in [1.82, 2.24) is 34.1 Å². The van der Waals surface area contributed by atoms with Crippen LogP contribution in [-0.4, -0.2) is 68.0 Å². The molecule has 8 rings (SSSR count). The van der Waals surface area contributed by atoms with Gasteiger partial charge in [0.05, 0.1) is 44.3 Å². The van der Waals surface area contributed by atoms with Gasteiger partial charge < -0.3 is 40.6 Å². The maximum atomic E-state index is 14.6. The van der Waals surface area contributed by atoms with Gasteiger partial charge in [-0.3, -0.25) is 23.7 Å². The van der Waals surface area contributed by atoms with E-state index in [1.165, 1.54) is 36.2 Å². The lowest BCUT2D eigenvalue weighted by molar-refractivity contribution is -0.144. The Balaban J connectivity index is 0.964. The molecule has 0 saturated carbocycles. The number of aryl methyl sites for hydroxylation is 1. The van der Waals surface area contributed by atoms with E-state index >= 15 is 0 Å². The average molecular weight is 855 g/mol. The quantitative estimate of drug-likeness (QED) is 0.0660. The fourth-order valence-corrected chi connectivity index (χ4v) is 8.57. The van der Waals surface area contributed by atoms with E-state index in [2.05, 4.69) is 15.4 Å². The third-order valence-electron chi connectivity index (χ3n) is 10.4. The normalized spacial score (nSPS) is 12.2. The van der Waals surface area contributed by atoms with Gasteiger partial charge >= 0.3 is 5.97 Å². The van der Waals surface area contributed by atoms with Gasteiger partial charge in [-0.15, -0.1) is 16.4 Å². The molecule has 1 amide bonds. The molecule has 0 saturated heterocycles. The van der Waals surface area contributed by atoms with E-state index in [0.29, 0.717) is 49.6 Å². The van der Waals surface area contributed by atoms with Crippen molar-refractivity contribution in [1.29, 1.82) is 0 Å². The summed E-state index contributed by atoms with van der Waals surface area (Å²) in [6.45, 7) is 1.91. The molecule has 0 aliphatic heterocycles. The first-order valence-corrected chi connectivity index (χ1v) is 20.2. The van der Waals surface area contributed by atoms with Crippen LogP contribution in [0, 0.1) is 0 Å². The molecule has 17 nitrogen and oxygen atoms in total. The topological polar surface area (TPSA) is 229 Å². The molecule has 0 bridgehead atoms. The van der Waals surface area contributed by atoms with Crippen molar-refractivity contribution in [2.24, 2.45) is 11.6 Å². The second kappa shape index (κ2) is 17.1. The lowest BCUT2D eigenvalue weighted by atomic mass is 10.0. The van der Waals surface area contributed by atoms with Crippen molar-refractivity contribution in [3.8, 4) is 17.2 Å². The molecule has 0 aliphatic rings. The van der Waals surface area contributed by atoms with Crippen LogP contribution in [0.3, 0.4) is 0 Å². The number of methoxy groups -OCH3 is 2. The monoisotopic (exact) mass is 854 g/mol. The van der Waals surface area contributed by atoms with E-state index in [9.17, 15) is 19.2 Å². The van der Waals surface area contributed by atoms with E-state index in [4.69, 9.17) is 31.5 Å². The number of carbonyl (C=O) groups excluding carboxylic acids is 2. The number of benzene rings is 3. The number of nitrogens with zero attached hydrogens (tertiary/aromatic N) is 6. The Hall–Kier alpha value is -7.70. The third-order valence-corrected chi connectivity index (χ3v) is 11.6. The Morgan fingerprint density at radius 2 is 1.73 bits per heavy atom. The molecular weight excluding hydrogens is 813 g/mol. The molecule has 0 spiro atoms. The largest absolute Gasteiger partial charge is 0.493 e. The van der Waals surface area contributed by atoms with Crippen LogP contribution >= 0.6 is 11.3 Å². The molecule has 5 heterocycles. The van der Waals surface area contributed by atoms with Crippen molar-refractivity contribution >= 4 is 71.3 Å². The molecule has 62 heavy (non-hydrogen) atoms. The number of fused-ring (bicyclic) bond motifs is 5. The van der Waals surface area contributed by atoms with Crippen LogP contribution < -0.4 is 43.2 Å². The fourth-order valence-electron chi connectivity index (χ4n) is 7.42. The van der Waals surface area contributed by atoms with Crippen LogP contribution in [0.25, 0.3) is 48.0 Å². The number of nitrogens with one attached hydrogen (secondary N) is 1. The highest BCUT2D eigenvalue weighted by Crippen LogP contribution is 2.39. The zero-order chi connectivity index (χ0) is 43.7. The zero-order valence-electron chi connectivity index (χ0n) is 33.9. The van der Waals surface area contributed by atoms with Crippen molar-refractivity contribution < 1.29 is 23.8 Å². The average Bonchev–Trinajstić information content (AvgIpc) is 3.82. The van der Waals surface area contributed by atoms with Crippen molar-refractivity contribution in [2.45, 2.75) is 25.9 Å². The molecule has 8 aromatic rings. The first-order valence-electron chi connectivity index (χ1n) is 19.4. The molecule has 18 heteroatoms. The Labute approximate surface area is 357 Å². The molecule has 1 unspecified atom stereocenters. The summed E-state index contributed by atoms with van der Waals surface area (Å²) in [4.78, 5) is 58.6. The second-order valence-electron chi connectivity index (χ2n) is 14.3. The van der Waals surface area contributed by atoms with E-state index in [1.807, 2.05) is 42.5 Å². The number of aromatic nitrogens is 5.